The van der Waals surface area contributed by atoms with Crippen molar-refractivity contribution in [3.8, 4) is 0 Å². The van der Waals surface area contributed by atoms with Crippen molar-refractivity contribution in [2.45, 2.75) is 12.5 Å². The minimum Gasteiger partial charge on any atom is -0.377 e. The fourth-order valence-corrected chi connectivity index (χ4v) is 4.45. The Kier molecular flexibility index (Phi) is 13.6. The van der Waals surface area contributed by atoms with Gasteiger partial charge in [0, 0.05) is 40.5 Å². The normalized spacial score (nSPS) is 14.7. The summed E-state index contributed by atoms with van der Waals surface area (Å²) in [6, 6.07) is 0.684. The van der Waals surface area contributed by atoms with E-state index in [1.54, 1.807) is 21.3 Å². The second-order valence-electron chi connectivity index (χ2n) is 7.09. The van der Waals surface area contributed by atoms with Crippen LogP contribution in [-0.4, -0.2) is 106 Å². The lowest BCUT2D eigenvalue weighted by molar-refractivity contribution is -0.870. The van der Waals surface area contributed by atoms with E-state index in [0.29, 0.717) is 36.7 Å². The second kappa shape index (κ2) is 13.8. The number of rotatable bonds is 17. The van der Waals surface area contributed by atoms with E-state index in [1.165, 1.54) is 0 Å². The van der Waals surface area contributed by atoms with E-state index in [2.05, 4.69) is 15.2 Å². The van der Waals surface area contributed by atoms with Crippen LogP contribution in [0.5, 0.6) is 0 Å². The number of quaternary nitrogens is 1. The molecule has 1 atom stereocenters. The van der Waals surface area contributed by atoms with Crippen LogP contribution in [0.4, 0.5) is 0 Å². The fraction of sp³-hybridized carbons (Fsp3) is 0.933. The van der Waals surface area contributed by atoms with Crippen molar-refractivity contribution in [1.29, 1.82) is 0 Å². The summed E-state index contributed by atoms with van der Waals surface area (Å²) >= 11 is 0. The van der Waals surface area contributed by atoms with Gasteiger partial charge in [-0.3, -0.25) is 13.8 Å². The third-order valence-corrected chi connectivity index (χ3v) is 7.57. The standard InChI is InChI=1S/C15H36N3O8PSi/c1-18(2,3)11-12-25-27(20,21)26-14-15(19)17-10-9-16-8-7-13-28(22-4,23-5)24-6/h16H,7-14H2,1-6H3,(H-,17,19,20,21)/p+1. The maximum atomic E-state index is 11.7. The van der Waals surface area contributed by atoms with Crippen LogP contribution in [0.3, 0.4) is 0 Å². The van der Waals surface area contributed by atoms with Crippen molar-refractivity contribution in [3.05, 3.63) is 0 Å². The van der Waals surface area contributed by atoms with Crippen LogP contribution >= 0.6 is 7.82 Å². The lowest BCUT2D eigenvalue weighted by Crippen LogP contribution is -2.43. The van der Waals surface area contributed by atoms with Gasteiger partial charge in [-0.2, -0.15) is 0 Å². The Hall–Kier alpha value is -0.403. The van der Waals surface area contributed by atoms with E-state index < -0.39 is 29.1 Å². The summed E-state index contributed by atoms with van der Waals surface area (Å²) in [5.41, 5.74) is 0. The van der Waals surface area contributed by atoms with E-state index in [0.717, 1.165) is 6.42 Å². The topological polar surface area (TPSA) is 125 Å². The van der Waals surface area contributed by atoms with Gasteiger partial charge in [-0.25, -0.2) is 4.57 Å². The molecule has 0 rings (SSSR count). The molecule has 0 aromatic carbocycles. The van der Waals surface area contributed by atoms with Crippen molar-refractivity contribution >= 4 is 22.5 Å². The fourth-order valence-electron chi connectivity index (χ4n) is 2.06. The van der Waals surface area contributed by atoms with Crippen LogP contribution in [0.15, 0.2) is 0 Å². The molecule has 0 saturated carbocycles. The predicted octanol–water partition coefficient (Wildman–Crippen LogP) is -0.200. The number of phosphoric acid groups is 1. The van der Waals surface area contributed by atoms with Crippen molar-refractivity contribution in [1.82, 2.24) is 10.6 Å². The highest BCUT2D eigenvalue weighted by Crippen LogP contribution is 2.42. The minimum atomic E-state index is -4.23. The van der Waals surface area contributed by atoms with E-state index in [-0.39, 0.29) is 6.61 Å². The van der Waals surface area contributed by atoms with E-state index >= 15 is 0 Å². The first-order valence-electron chi connectivity index (χ1n) is 9.04. The number of carbonyl (C=O) groups excluding carboxylic acids is 1. The van der Waals surface area contributed by atoms with Gasteiger partial charge in [0.25, 0.3) is 0 Å². The van der Waals surface area contributed by atoms with E-state index in [4.69, 9.17) is 17.8 Å². The molecule has 0 radical (unpaired) electrons. The van der Waals surface area contributed by atoms with Crippen molar-refractivity contribution in [3.63, 3.8) is 0 Å². The van der Waals surface area contributed by atoms with Crippen molar-refractivity contribution in [2.75, 3.05) is 81.9 Å². The van der Waals surface area contributed by atoms with Gasteiger partial charge in [-0.05, 0) is 13.0 Å². The number of nitrogens with one attached hydrogen (secondary N) is 2. The monoisotopic (exact) mass is 446 g/mol. The molecule has 11 nitrogen and oxygen atoms in total. The average Bonchev–Trinajstić information content (AvgIpc) is 2.62. The molecule has 0 saturated heterocycles. The quantitative estimate of drug-likeness (QED) is 0.121. The maximum absolute atomic E-state index is 11.7. The van der Waals surface area contributed by atoms with Crippen molar-refractivity contribution in [2.24, 2.45) is 0 Å². The zero-order valence-electron chi connectivity index (χ0n) is 17.9. The highest BCUT2D eigenvalue weighted by Gasteiger charge is 2.36. The summed E-state index contributed by atoms with van der Waals surface area (Å²) in [5, 5.41) is 5.76. The molecular formula is C15H37N3O8PSi+. The number of hydrogen-bond donors (Lipinski definition) is 3. The zero-order chi connectivity index (χ0) is 21.7. The molecule has 0 bridgehead atoms. The smallest absolute Gasteiger partial charge is 0.377 e. The van der Waals surface area contributed by atoms with Gasteiger partial charge in [0.2, 0.25) is 5.91 Å². The van der Waals surface area contributed by atoms with E-state index in [1.807, 2.05) is 21.1 Å². The molecule has 0 aromatic rings. The highest BCUT2D eigenvalue weighted by molar-refractivity contribution is 7.47. The SMILES string of the molecule is CO[Si](CCCNCCNC(=O)COP(=O)(O)OCC[N+](C)(C)C)(OC)OC. The third-order valence-electron chi connectivity index (χ3n) is 3.77. The molecule has 0 aliphatic rings. The van der Waals surface area contributed by atoms with Crippen LogP contribution < -0.4 is 10.6 Å². The Morgan fingerprint density at radius 2 is 1.64 bits per heavy atom. The number of phosphoric ester groups is 1. The number of hydrogen-bond acceptors (Lipinski definition) is 8. The summed E-state index contributed by atoms with van der Waals surface area (Å²) in [4.78, 5) is 21.2. The van der Waals surface area contributed by atoms with Crippen LogP contribution in [0.2, 0.25) is 6.04 Å². The molecule has 3 N–H and O–H groups in total. The van der Waals surface area contributed by atoms with E-state index in [9.17, 15) is 14.3 Å². The second-order valence-corrected chi connectivity index (χ2v) is 11.6. The first kappa shape index (κ1) is 27.6. The first-order chi connectivity index (χ1) is 13.0. The molecule has 0 aromatic heterocycles. The molecule has 168 valence electrons. The lowest BCUT2D eigenvalue weighted by Gasteiger charge is -2.24. The van der Waals surface area contributed by atoms with Crippen LogP contribution in [0, 0.1) is 0 Å². The first-order valence-corrected chi connectivity index (χ1v) is 12.5. The summed E-state index contributed by atoms with van der Waals surface area (Å²) < 4.78 is 37.8. The number of nitrogens with zero attached hydrogens (tertiary/aromatic N) is 1. The summed E-state index contributed by atoms with van der Waals surface area (Å²) in [6.07, 6.45) is 0.803. The molecule has 0 spiro atoms. The summed E-state index contributed by atoms with van der Waals surface area (Å²) in [6.45, 7) is 1.67. The molecule has 28 heavy (non-hydrogen) atoms. The van der Waals surface area contributed by atoms with Crippen LogP contribution in [-0.2, 0) is 31.7 Å². The van der Waals surface area contributed by atoms with Gasteiger partial charge in [0.1, 0.15) is 19.8 Å². The van der Waals surface area contributed by atoms with Gasteiger partial charge in [0.05, 0.1) is 21.1 Å². The molecule has 0 fully saturated rings. The van der Waals surface area contributed by atoms with Gasteiger partial charge < -0.3 is 33.3 Å². The van der Waals surface area contributed by atoms with Gasteiger partial charge in [-0.1, -0.05) is 0 Å². The number of likely N-dealkylation sites (N-methyl/N-ethyl adjacent to an activating group) is 1. The lowest BCUT2D eigenvalue weighted by atomic mass is 10.4. The molecule has 13 heteroatoms. The zero-order valence-corrected chi connectivity index (χ0v) is 19.8. The highest BCUT2D eigenvalue weighted by atomic mass is 31.2. The van der Waals surface area contributed by atoms with Crippen LogP contribution in [0.1, 0.15) is 6.42 Å². The molecule has 0 aliphatic carbocycles. The largest absolute Gasteiger partial charge is 0.500 e. The minimum absolute atomic E-state index is 0.0577. The summed E-state index contributed by atoms with van der Waals surface area (Å²) in [7, 11) is 3.74. The Balaban J connectivity index is 3.81. The molecule has 0 aliphatic heterocycles. The Labute approximate surface area is 169 Å². The Bertz CT molecular complexity index is 480. The third kappa shape index (κ3) is 13.7. The van der Waals surface area contributed by atoms with Gasteiger partial charge in [-0.15, -0.1) is 0 Å². The van der Waals surface area contributed by atoms with Crippen LogP contribution in [0.25, 0.3) is 0 Å². The Morgan fingerprint density at radius 3 is 2.18 bits per heavy atom. The average molecular weight is 447 g/mol. The molecule has 1 amide bonds. The predicted molar refractivity (Wildman–Crippen MR) is 107 cm³/mol. The number of amides is 1. The number of carbonyl (C=O) groups is 1. The molecule has 1 unspecified atom stereocenters. The summed E-state index contributed by atoms with van der Waals surface area (Å²) in [5.74, 6) is -0.490. The van der Waals surface area contributed by atoms with Crippen molar-refractivity contribution < 1.29 is 41.1 Å². The van der Waals surface area contributed by atoms with Gasteiger partial charge >= 0.3 is 16.6 Å². The molecule has 0 heterocycles. The Morgan fingerprint density at radius 1 is 1.04 bits per heavy atom. The molecular weight excluding hydrogens is 409 g/mol. The van der Waals surface area contributed by atoms with Gasteiger partial charge in [0.15, 0.2) is 0 Å². The maximum Gasteiger partial charge on any atom is 0.500 e.